The highest BCUT2D eigenvalue weighted by Gasteiger charge is 2.21. The minimum absolute atomic E-state index is 1.04. The van der Waals surface area contributed by atoms with Crippen LogP contribution in [-0.4, -0.2) is 54.2 Å². The van der Waals surface area contributed by atoms with E-state index in [0.29, 0.717) is 0 Å². The fourth-order valence-corrected chi connectivity index (χ4v) is 5.53. The zero-order valence-electron chi connectivity index (χ0n) is 20.0. The molecule has 2 aromatic carbocycles. The van der Waals surface area contributed by atoms with Crippen LogP contribution in [0.1, 0.15) is 38.5 Å². The maximum absolute atomic E-state index is 5.63. The van der Waals surface area contributed by atoms with Crippen molar-refractivity contribution < 1.29 is 4.74 Å². The normalized spacial score (nSPS) is 17.4. The molecule has 3 aromatic rings. The van der Waals surface area contributed by atoms with Crippen molar-refractivity contribution in [3.8, 4) is 0 Å². The molecule has 0 amide bonds. The molecule has 1 aliphatic heterocycles. The molecule has 1 fully saturated rings. The Morgan fingerprint density at radius 1 is 0.758 bits per heavy atom. The van der Waals surface area contributed by atoms with Crippen LogP contribution in [-0.2, 0) is 11.3 Å². The third-order valence-electron chi connectivity index (χ3n) is 7.34. The van der Waals surface area contributed by atoms with E-state index in [0.717, 1.165) is 51.3 Å². The second kappa shape index (κ2) is 10.5. The molecule has 33 heavy (non-hydrogen) atoms. The fourth-order valence-electron chi connectivity index (χ4n) is 5.53. The molecule has 0 bridgehead atoms. The largest absolute Gasteiger partial charge is 0.499 e. The van der Waals surface area contributed by atoms with Gasteiger partial charge >= 0.3 is 0 Å². The molecule has 2 heterocycles. The standard InChI is InChI=1S/C29H37N3O/c1-33-29-17-9-8-16-28(29)31-22-20-30(21-23-31)18-10-2-3-11-19-32-26-14-6-4-12-24(26)25-13-5-7-15-27(25)32/h4-8,12-16H,2-3,9-11,17-23H2,1H3. The summed E-state index contributed by atoms with van der Waals surface area (Å²) in [6, 6.07) is 17.7. The Morgan fingerprint density at radius 2 is 1.39 bits per heavy atom. The molecule has 174 valence electrons. The number of allylic oxidation sites excluding steroid dienone is 3. The topological polar surface area (TPSA) is 20.6 Å². The monoisotopic (exact) mass is 443 g/mol. The number of hydrogen-bond acceptors (Lipinski definition) is 3. The Balaban J connectivity index is 1.06. The van der Waals surface area contributed by atoms with Crippen molar-refractivity contribution >= 4 is 21.8 Å². The maximum Gasteiger partial charge on any atom is 0.119 e. The highest BCUT2D eigenvalue weighted by atomic mass is 16.5. The maximum atomic E-state index is 5.63. The van der Waals surface area contributed by atoms with Crippen molar-refractivity contribution in [3.05, 3.63) is 72.1 Å². The van der Waals surface area contributed by atoms with Gasteiger partial charge in [0.1, 0.15) is 5.76 Å². The second-order valence-corrected chi connectivity index (χ2v) is 9.38. The Labute approximate surface area is 198 Å². The Kier molecular flexibility index (Phi) is 7.01. The van der Waals surface area contributed by atoms with E-state index in [4.69, 9.17) is 4.74 Å². The van der Waals surface area contributed by atoms with Crippen molar-refractivity contribution in [3.63, 3.8) is 0 Å². The first-order chi connectivity index (χ1) is 16.3. The Bertz CT molecular complexity index is 1080. The van der Waals surface area contributed by atoms with Crippen LogP contribution in [0.15, 0.2) is 72.1 Å². The summed E-state index contributed by atoms with van der Waals surface area (Å²) in [5.41, 5.74) is 4.06. The smallest absolute Gasteiger partial charge is 0.119 e. The SMILES string of the molecule is COC1=C(N2CCN(CCCCCCn3c4ccccc4c4ccccc43)CC2)C=CCC1. The quantitative estimate of drug-likeness (QED) is 0.368. The van der Waals surface area contributed by atoms with Crippen LogP contribution in [0.5, 0.6) is 0 Å². The number of piperazine rings is 1. The van der Waals surface area contributed by atoms with Gasteiger partial charge in [-0.15, -0.1) is 0 Å². The molecule has 0 radical (unpaired) electrons. The van der Waals surface area contributed by atoms with Gasteiger partial charge in [0.05, 0.1) is 12.8 Å². The van der Waals surface area contributed by atoms with E-state index >= 15 is 0 Å². The molecule has 0 N–H and O–H groups in total. The number of hydrogen-bond donors (Lipinski definition) is 0. The van der Waals surface area contributed by atoms with Gasteiger partial charge in [-0.3, -0.25) is 4.90 Å². The van der Waals surface area contributed by atoms with Gasteiger partial charge in [0.2, 0.25) is 0 Å². The van der Waals surface area contributed by atoms with Crippen LogP contribution >= 0.6 is 0 Å². The molecule has 4 heteroatoms. The van der Waals surface area contributed by atoms with Crippen LogP contribution in [0.25, 0.3) is 21.8 Å². The number of aromatic nitrogens is 1. The van der Waals surface area contributed by atoms with Crippen molar-refractivity contribution in [2.75, 3.05) is 39.8 Å². The van der Waals surface area contributed by atoms with Gasteiger partial charge in [-0.1, -0.05) is 55.3 Å². The fraction of sp³-hybridized carbons (Fsp3) is 0.448. The summed E-state index contributed by atoms with van der Waals surface area (Å²) >= 11 is 0. The lowest BCUT2D eigenvalue weighted by atomic mass is 10.1. The van der Waals surface area contributed by atoms with E-state index in [1.807, 2.05) is 7.11 Å². The van der Waals surface area contributed by atoms with E-state index in [-0.39, 0.29) is 0 Å². The predicted octanol–water partition coefficient (Wildman–Crippen LogP) is 6.18. The summed E-state index contributed by atoms with van der Waals surface area (Å²) < 4.78 is 8.15. The van der Waals surface area contributed by atoms with E-state index in [1.165, 1.54) is 59.7 Å². The number of fused-ring (bicyclic) bond motifs is 3. The predicted molar refractivity (Wildman–Crippen MR) is 138 cm³/mol. The molecule has 2 aliphatic rings. The minimum atomic E-state index is 1.04. The Hall–Kier alpha value is -2.72. The average Bonchev–Trinajstić information content (AvgIpc) is 3.20. The number of aryl methyl sites for hydroxylation is 1. The second-order valence-electron chi connectivity index (χ2n) is 9.38. The number of ether oxygens (including phenoxy) is 1. The lowest BCUT2D eigenvalue weighted by Crippen LogP contribution is -2.46. The van der Waals surface area contributed by atoms with Gasteiger partial charge in [-0.2, -0.15) is 0 Å². The summed E-state index contributed by atoms with van der Waals surface area (Å²) in [6.07, 6.45) is 11.9. The summed E-state index contributed by atoms with van der Waals surface area (Å²) in [5, 5.41) is 2.76. The highest BCUT2D eigenvalue weighted by molar-refractivity contribution is 6.07. The first-order valence-corrected chi connectivity index (χ1v) is 12.7. The third kappa shape index (κ3) is 4.81. The van der Waals surface area contributed by atoms with E-state index < -0.39 is 0 Å². The van der Waals surface area contributed by atoms with Crippen LogP contribution in [0.2, 0.25) is 0 Å². The van der Waals surface area contributed by atoms with Gasteiger partial charge < -0.3 is 14.2 Å². The van der Waals surface area contributed by atoms with Gasteiger partial charge in [0.25, 0.3) is 0 Å². The summed E-state index contributed by atoms with van der Waals surface area (Å²) in [7, 11) is 1.81. The lowest BCUT2D eigenvalue weighted by Gasteiger charge is -2.37. The van der Waals surface area contributed by atoms with Crippen LogP contribution < -0.4 is 0 Å². The van der Waals surface area contributed by atoms with Crippen LogP contribution in [0.3, 0.4) is 0 Å². The molecule has 0 atom stereocenters. The molecule has 0 unspecified atom stereocenters. The molecule has 1 saturated heterocycles. The van der Waals surface area contributed by atoms with Crippen molar-refractivity contribution in [2.45, 2.75) is 45.1 Å². The number of unbranched alkanes of at least 4 members (excludes halogenated alkanes) is 3. The molecule has 4 nitrogen and oxygen atoms in total. The van der Waals surface area contributed by atoms with Crippen LogP contribution in [0, 0.1) is 0 Å². The number of para-hydroxylation sites is 2. The van der Waals surface area contributed by atoms with Crippen molar-refractivity contribution in [1.82, 2.24) is 14.4 Å². The van der Waals surface area contributed by atoms with E-state index in [1.54, 1.807) is 0 Å². The van der Waals surface area contributed by atoms with Gasteiger partial charge in [0.15, 0.2) is 0 Å². The first-order valence-electron chi connectivity index (χ1n) is 12.7. The first kappa shape index (κ1) is 22.1. The van der Waals surface area contributed by atoms with Crippen molar-refractivity contribution in [1.29, 1.82) is 0 Å². The number of methoxy groups -OCH3 is 1. The molecular formula is C29H37N3O. The molecule has 0 saturated carbocycles. The molecule has 0 spiro atoms. The zero-order chi connectivity index (χ0) is 22.5. The van der Waals surface area contributed by atoms with Gasteiger partial charge in [-0.05, 0) is 44.0 Å². The van der Waals surface area contributed by atoms with E-state index in [2.05, 4.69) is 75.0 Å². The molecule has 1 aliphatic carbocycles. The number of benzene rings is 2. The van der Waals surface area contributed by atoms with Gasteiger partial charge in [0, 0.05) is 61.0 Å². The summed E-state index contributed by atoms with van der Waals surface area (Å²) in [4.78, 5) is 5.15. The number of rotatable bonds is 9. The third-order valence-corrected chi connectivity index (χ3v) is 7.34. The average molecular weight is 444 g/mol. The summed E-state index contributed by atoms with van der Waals surface area (Å²) in [6.45, 7) is 6.89. The summed E-state index contributed by atoms with van der Waals surface area (Å²) in [5.74, 6) is 1.16. The van der Waals surface area contributed by atoms with E-state index in [9.17, 15) is 0 Å². The minimum Gasteiger partial charge on any atom is -0.499 e. The van der Waals surface area contributed by atoms with Crippen LogP contribution in [0.4, 0.5) is 0 Å². The molecule has 5 rings (SSSR count). The lowest BCUT2D eigenvalue weighted by molar-refractivity contribution is 0.149. The Morgan fingerprint density at radius 3 is 2.06 bits per heavy atom. The van der Waals surface area contributed by atoms with Crippen molar-refractivity contribution in [2.24, 2.45) is 0 Å². The molecular weight excluding hydrogens is 406 g/mol. The zero-order valence-corrected chi connectivity index (χ0v) is 20.0. The number of nitrogens with zero attached hydrogens (tertiary/aromatic N) is 3. The van der Waals surface area contributed by atoms with Gasteiger partial charge in [-0.25, -0.2) is 0 Å². The highest BCUT2D eigenvalue weighted by Crippen LogP contribution is 2.29. The molecule has 1 aromatic heterocycles.